The molecule has 0 aromatic carbocycles. The minimum atomic E-state index is -1.19. The molecule has 0 bridgehead atoms. The average Bonchev–Trinajstić information content (AvgIpc) is 2.45. The van der Waals surface area contributed by atoms with Crippen LogP contribution in [0.25, 0.3) is 0 Å². The summed E-state index contributed by atoms with van der Waals surface area (Å²) in [6, 6.07) is -0.985. The van der Waals surface area contributed by atoms with Gasteiger partial charge in [-0.15, -0.1) is 0 Å². The van der Waals surface area contributed by atoms with Gasteiger partial charge in [0.1, 0.15) is 19.1 Å². The van der Waals surface area contributed by atoms with Crippen LogP contribution in [0.4, 0.5) is 0 Å². The van der Waals surface area contributed by atoms with Crippen LogP contribution in [0.5, 0.6) is 0 Å². The molecule has 0 heterocycles. The van der Waals surface area contributed by atoms with Crippen molar-refractivity contribution in [3.05, 3.63) is 0 Å². The molecule has 1 atom stereocenters. The van der Waals surface area contributed by atoms with Crippen LogP contribution in [0.1, 0.15) is 20.8 Å². The van der Waals surface area contributed by atoms with Gasteiger partial charge in [-0.1, -0.05) is 0 Å². The molecule has 9 nitrogen and oxygen atoms in total. The average molecular weight is 376 g/mol. The molecule has 0 aliphatic rings. The maximum absolute atomic E-state index is 12.3. The zero-order valence-corrected chi connectivity index (χ0v) is 16.2. The fraction of sp³-hybridized carbons (Fsp3) is 0.733. The van der Waals surface area contributed by atoms with Gasteiger partial charge in [0, 0.05) is 11.3 Å². The van der Waals surface area contributed by atoms with Crippen LogP contribution >= 0.6 is 12.6 Å². The molecule has 0 spiro atoms. The number of carboxylic acids is 1. The predicted octanol–water partition coefficient (Wildman–Crippen LogP) is -1.21. The van der Waals surface area contributed by atoms with Gasteiger partial charge in [0.15, 0.2) is 0 Å². The lowest BCUT2D eigenvalue weighted by molar-refractivity contribution is -0.142. The van der Waals surface area contributed by atoms with E-state index in [1.165, 1.54) is 4.90 Å². The molecule has 3 amide bonds. The fourth-order valence-electron chi connectivity index (χ4n) is 1.92. The van der Waals surface area contributed by atoms with Crippen LogP contribution in [0.3, 0.4) is 0 Å². The SMILES string of the molecule is CN(C)CC(=O)N(CC(=O)N[C@H](CS)C(=O)NCC(=O)O)C(C)(C)C. The zero-order chi connectivity index (χ0) is 19.8. The zero-order valence-electron chi connectivity index (χ0n) is 15.3. The summed E-state index contributed by atoms with van der Waals surface area (Å²) in [4.78, 5) is 50.1. The van der Waals surface area contributed by atoms with E-state index in [1.54, 1.807) is 19.0 Å². The Morgan fingerprint density at radius 2 is 1.68 bits per heavy atom. The lowest BCUT2D eigenvalue weighted by atomic mass is 10.1. The van der Waals surface area contributed by atoms with Crippen molar-refractivity contribution in [1.29, 1.82) is 0 Å². The first-order chi connectivity index (χ1) is 11.4. The molecule has 144 valence electrons. The van der Waals surface area contributed by atoms with Crippen LogP contribution < -0.4 is 10.6 Å². The van der Waals surface area contributed by atoms with Crippen molar-refractivity contribution in [3.63, 3.8) is 0 Å². The second kappa shape index (κ2) is 10.2. The first-order valence-corrected chi connectivity index (χ1v) is 8.36. The Bertz CT molecular complexity index is 505. The molecule has 10 heteroatoms. The van der Waals surface area contributed by atoms with Crippen LogP contribution in [-0.2, 0) is 19.2 Å². The highest BCUT2D eigenvalue weighted by Gasteiger charge is 2.30. The fourth-order valence-corrected chi connectivity index (χ4v) is 2.18. The quantitative estimate of drug-likeness (QED) is 0.375. The molecule has 0 saturated heterocycles. The molecule has 0 rings (SSSR count). The Labute approximate surface area is 153 Å². The summed E-state index contributed by atoms with van der Waals surface area (Å²) < 4.78 is 0. The summed E-state index contributed by atoms with van der Waals surface area (Å²) >= 11 is 4.00. The number of hydrogen-bond donors (Lipinski definition) is 4. The Balaban J connectivity index is 4.91. The number of carbonyl (C=O) groups excluding carboxylic acids is 3. The van der Waals surface area contributed by atoms with Crippen LogP contribution in [-0.4, -0.2) is 89.7 Å². The Morgan fingerprint density at radius 1 is 1.12 bits per heavy atom. The number of thiol groups is 1. The number of rotatable bonds is 9. The van der Waals surface area contributed by atoms with Crippen molar-refractivity contribution in [2.75, 3.05) is 39.5 Å². The van der Waals surface area contributed by atoms with Gasteiger partial charge in [0.25, 0.3) is 0 Å². The summed E-state index contributed by atoms with van der Waals surface area (Å²) in [7, 11) is 3.51. The van der Waals surface area contributed by atoms with E-state index in [4.69, 9.17) is 5.11 Å². The lowest BCUT2D eigenvalue weighted by Gasteiger charge is -2.36. The van der Waals surface area contributed by atoms with Gasteiger partial charge in [0.05, 0.1) is 6.54 Å². The molecule has 0 aromatic rings. The van der Waals surface area contributed by atoms with E-state index in [-0.39, 0.29) is 24.7 Å². The second-order valence-electron chi connectivity index (χ2n) is 6.80. The number of nitrogens with zero attached hydrogens (tertiary/aromatic N) is 2. The third kappa shape index (κ3) is 9.30. The minimum Gasteiger partial charge on any atom is -0.480 e. The third-order valence-electron chi connectivity index (χ3n) is 3.11. The topological polar surface area (TPSA) is 119 Å². The third-order valence-corrected chi connectivity index (χ3v) is 3.48. The number of likely N-dealkylation sites (N-methyl/N-ethyl adjacent to an activating group) is 1. The van der Waals surface area contributed by atoms with Crippen molar-refractivity contribution in [2.24, 2.45) is 0 Å². The predicted molar refractivity (Wildman–Crippen MR) is 96.4 cm³/mol. The molecule has 0 aliphatic carbocycles. The molecule has 0 aromatic heterocycles. The lowest BCUT2D eigenvalue weighted by Crippen LogP contribution is -2.56. The van der Waals surface area contributed by atoms with Gasteiger partial charge in [-0.3, -0.25) is 19.2 Å². The molecule has 25 heavy (non-hydrogen) atoms. The Morgan fingerprint density at radius 3 is 2.08 bits per heavy atom. The number of hydrogen-bond acceptors (Lipinski definition) is 6. The minimum absolute atomic E-state index is 0.00163. The van der Waals surface area contributed by atoms with E-state index in [1.807, 2.05) is 20.8 Å². The maximum atomic E-state index is 12.3. The molecule has 0 fully saturated rings. The highest BCUT2D eigenvalue weighted by molar-refractivity contribution is 7.80. The van der Waals surface area contributed by atoms with Crippen molar-refractivity contribution < 1.29 is 24.3 Å². The largest absolute Gasteiger partial charge is 0.480 e. The summed E-state index contributed by atoms with van der Waals surface area (Å²) in [6.45, 7) is 4.82. The van der Waals surface area contributed by atoms with Gasteiger partial charge < -0.3 is 25.5 Å². The van der Waals surface area contributed by atoms with E-state index >= 15 is 0 Å². The van der Waals surface area contributed by atoms with Gasteiger partial charge in [-0.2, -0.15) is 12.6 Å². The van der Waals surface area contributed by atoms with E-state index in [0.29, 0.717) is 0 Å². The van der Waals surface area contributed by atoms with Gasteiger partial charge in [0.2, 0.25) is 17.7 Å². The first-order valence-electron chi connectivity index (χ1n) is 7.73. The van der Waals surface area contributed by atoms with Crippen molar-refractivity contribution >= 4 is 36.3 Å². The molecule has 0 aliphatic heterocycles. The van der Waals surface area contributed by atoms with Crippen molar-refractivity contribution in [1.82, 2.24) is 20.4 Å². The second-order valence-corrected chi connectivity index (χ2v) is 7.17. The molecule has 0 radical (unpaired) electrons. The smallest absolute Gasteiger partial charge is 0.322 e. The van der Waals surface area contributed by atoms with E-state index in [9.17, 15) is 19.2 Å². The molecule has 0 saturated carbocycles. The summed E-state index contributed by atoms with van der Waals surface area (Å²) in [5, 5.41) is 13.2. The van der Waals surface area contributed by atoms with Gasteiger partial charge in [-0.25, -0.2) is 0 Å². The number of aliphatic carboxylic acids is 1. The Kier molecular flexibility index (Phi) is 9.50. The highest BCUT2D eigenvalue weighted by Crippen LogP contribution is 2.13. The van der Waals surface area contributed by atoms with Crippen LogP contribution in [0.15, 0.2) is 0 Å². The van der Waals surface area contributed by atoms with E-state index in [2.05, 4.69) is 23.3 Å². The number of carboxylic acid groups (broad SMARTS) is 1. The normalized spacial score (nSPS) is 12.4. The molecular weight excluding hydrogens is 348 g/mol. The standard InChI is InChI=1S/C15H28N4O5S/c1-15(2,3)19(12(21)8-18(4)5)7-11(20)17-10(9-25)14(24)16-6-13(22)23/h10,25H,6-9H2,1-5H3,(H,16,24)(H,17,20)(H,22,23)/t10-/m1/s1. The first kappa shape index (κ1) is 23.2. The van der Waals surface area contributed by atoms with E-state index < -0.39 is 35.9 Å². The van der Waals surface area contributed by atoms with Crippen LogP contribution in [0, 0.1) is 0 Å². The number of nitrogens with one attached hydrogen (secondary N) is 2. The molecule has 3 N–H and O–H groups in total. The van der Waals surface area contributed by atoms with Crippen molar-refractivity contribution in [2.45, 2.75) is 32.4 Å². The molecular formula is C15H28N4O5S. The molecule has 0 unspecified atom stereocenters. The monoisotopic (exact) mass is 376 g/mol. The van der Waals surface area contributed by atoms with Crippen LogP contribution in [0.2, 0.25) is 0 Å². The van der Waals surface area contributed by atoms with Gasteiger partial charge in [-0.05, 0) is 34.9 Å². The van der Waals surface area contributed by atoms with E-state index in [0.717, 1.165) is 0 Å². The van der Waals surface area contributed by atoms with Crippen molar-refractivity contribution in [3.8, 4) is 0 Å². The maximum Gasteiger partial charge on any atom is 0.322 e. The summed E-state index contributed by atoms with van der Waals surface area (Å²) in [6.07, 6.45) is 0. The van der Waals surface area contributed by atoms with Gasteiger partial charge >= 0.3 is 5.97 Å². The summed E-state index contributed by atoms with van der Waals surface area (Å²) in [5.41, 5.74) is -0.577. The number of amides is 3. The summed E-state index contributed by atoms with van der Waals surface area (Å²) in [5.74, 6) is -2.58. The Hall–Kier alpha value is -1.81. The highest BCUT2D eigenvalue weighted by atomic mass is 32.1. The number of carbonyl (C=O) groups is 4.